The molecule has 0 spiro atoms. The second-order valence-corrected chi connectivity index (χ2v) is 2.47. The minimum Gasteiger partial charge on any atom is -0.378 e. The average molecular weight is 184 g/mol. The highest BCUT2D eigenvalue weighted by molar-refractivity contribution is 5.81. The number of benzene rings is 1. The van der Waals surface area contributed by atoms with E-state index >= 15 is 0 Å². The molecule has 70 valence electrons. The Morgan fingerprint density at radius 3 is 2.85 bits per heavy atom. The molecule has 0 fully saturated rings. The van der Waals surface area contributed by atoms with Crippen molar-refractivity contribution in [2.24, 2.45) is 5.84 Å². The summed E-state index contributed by atoms with van der Waals surface area (Å²) in [5.74, 6) is 3.51. The number of nitrogens with two attached hydrogens (primary N) is 1. The van der Waals surface area contributed by atoms with E-state index in [-0.39, 0.29) is 5.56 Å². The van der Waals surface area contributed by atoms with E-state index in [0.29, 0.717) is 0 Å². The van der Waals surface area contributed by atoms with E-state index in [4.69, 9.17) is 5.84 Å². The molecule has 0 radical (unpaired) electrons. The zero-order valence-electron chi connectivity index (χ0n) is 6.70. The fourth-order valence-corrected chi connectivity index (χ4v) is 0.907. The highest BCUT2D eigenvalue weighted by atomic mass is 19.1. The van der Waals surface area contributed by atoms with Crippen LogP contribution in [0.15, 0.2) is 24.3 Å². The zero-order chi connectivity index (χ0) is 9.84. The molecule has 0 aliphatic carbocycles. The third-order valence-corrected chi connectivity index (χ3v) is 1.56. The highest BCUT2D eigenvalue weighted by Crippen LogP contribution is 2.13. The summed E-state index contributed by atoms with van der Waals surface area (Å²) < 4.78 is 12.6. The van der Waals surface area contributed by atoms with Crippen LogP contribution in [0, 0.1) is 5.82 Å². The van der Waals surface area contributed by atoms with Crippen molar-refractivity contribution < 1.29 is 14.3 Å². The molecule has 0 aliphatic heterocycles. The summed E-state index contributed by atoms with van der Waals surface area (Å²) in [5.41, 5.74) is 1.94. The summed E-state index contributed by atoms with van der Waals surface area (Å²) in [4.78, 5) is 10.8. The molecule has 1 rings (SSSR count). The standard InChI is InChI=1S/C8H9FN2O2/c9-6-3-1-2-5(4-6)7(12)8(13)11-10/h1-4,7,12H,10H2,(H,11,13). The maximum absolute atomic E-state index is 12.6. The van der Waals surface area contributed by atoms with Crippen molar-refractivity contribution in [3.8, 4) is 0 Å². The van der Waals surface area contributed by atoms with Gasteiger partial charge in [0.15, 0.2) is 6.10 Å². The number of halogens is 1. The molecular formula is C8H9FN2O2. The van der Waals surface area contributed by atoms with Crippen LogP contribution in [0.5, 0.6) is 0 Å². The van der Waals surface area contributed by atoms with Crippen molar-refractivity contribution in [3.05, 3.63) is 35.6 Å². The Bertz CT molecular complexity index is 317. The smallest absolute Gasteiger partial charge is 0.267 e. The predicted molar refractivity (Wildman–Crippen MR) is 43.7 cm³/mol. The van der Waals surface area contributed by atoms with Gasteiger partial charge in [0.05, 0.1) is 0 Å². The Morgan fingerprint density at radius 2 is 2.31 bits per heavy atom. The quantitative estimate of drug-likeness (QED) is 0.340. The Morgan fingerprint density at radius 1 is 1.62 bits per heavy atom. The number of hydrogen-bond acceptors (Lipinski definition) is 3. The van der Waals surface area contributed by atoms with Crippen LogP contribution in [0.25, 0.3) is 0 Å². The largest absolute Gasteiger partial charge is 0.378 e. The van der Waals surface area contributed by atoms with Crippen LogP contribution in [0.3, 0.4) is 0 Å². The summed E-state index contributed by atoms with van der Waals surface area (Å²) in [6.45, 7) is 0. The molecule has 0 aliphatic rings. The maximum atomic E-state index is 12.6. The molecule has 4 nitrogen and oxygen atoms in total. The Hall–Kier alpha value is -1.46. The average Bonchev–Trinajstić information content (AvgIpc) is 2.15. The molecule has 0 saturated heterocycles. The van der Waals surface area contributed by atoms with Crippen LogP contribution < -0.4 is 11.3 Å². The van der Waals surface area contributed by atoms with Gasteiger partial charge in [0.1, 0.15) is 5.82 Å². The molecule has 4 N–H and O–H groups in total. The molecule has 1 atom stereocenters. The summed E-state index contributed by atoms with van der Waals surface area (Å²) in [7, 11) is 0. The first-order valence-electron chi connectivity index (χ1n) is 3.59. The molecule has 13 heavy (non-hydrogen) atoms. The molecule has 1 unspecified atom stereocenters. The van der Waals surface area contributed by atoms with Crippen LogP contribution in [-0.2, 0) is 4.79 Å². The molecule has 0 aromatic heterocycles. The molecule has 1 aromatic carbocycles. The van der Waals surface area contributed by atoms with Gasteiger partial charge >= 0.3 is 0 Å². The van der Waals surface area contributed by atoms with Crippen LogP contribution in [-0.4, -0.2) is 11.0 Å². The van der Waals surface area contributed by atoms with E-state index in [0.717, 1.165) is 6.07 Å². The van der Waals surface area contributed by atoms with Gasteiger partial charge in [-0.3, -0.25) is 10.2 Å². The van der Waals surface area contributed by atoms with Gasteiger partial charge in [-0.05, 0) is 17.7 Å². The molecule has 1 aromatic rings. The van der Waals surface area contributed by atoms with Gasteiger partial charge in [-0.1, -0.05) is 12.1 Å². The number of rotatable bonds is 2. The van der Waals surface area contributed by atoms with Crippen molar-refractivity contribution in [1.29, 1.82) is 0 Å². The van der Waals surface area contributed by atoms with Gasteiger partial charge in [-0.2, -0.15) is 0 Å². The SMILES string of the molecule is NNC(=O)C(O)c1cccc(F)c1. The van der Waals surface area contributed by atoms with E-state index in [9.17, 15) is 14.3 Å². The fraction of sp³-hybridized carbons (Fsp3) is 0.125. The predicted octanol–water partition coefficient (Wildman–Crippen LogP) is -0.151. The Balaban J connectivity index is 2.88. The lowest BCUT2D eigenvalue weighted by Gasteiger charge is -2.08. The van der Waals surface area contributed by atoms with Crippen LogP contribution in [0.1, 0.15) is 11.7 Å². The van der Waals surface area contributed by atoms with Gasteiger partial charge in [0.25, 0.3) is 5.91 Å². The van der Waals surface area contributed by atoms with Gasteiger partial charge in [0.2, 0.25) is 0 Å². The lowest BCUT2D eigenvalue weighted by Crippen LogP contribution is -2.34. The maximum Gasteiger partial charge on any atom is 0.267 e. The molecule has 0 bridgehead atoms. The van der Waals surface area contributed by atoms with Gasteiger partial charge < -0.3 is 5.11 Å². The number of hydrogen-bond donors (Lipinski definition) is 3. The monoisotopic (exact) mass is 184 g/mol. The number of aliphatic hydroxyl groups excluding tert-OH is 1. The number of aliphatic hydroxyl groups is 1. The lowest BCUT2D eigenvalue weighted by molar-refractivity contribution is -0.129. The van der Waals surface area contributed by atoms with Crippen molar-refractivity contribution in [1.82, 2.24) is 5.43 Å². The zero-order valence-corrected chi connectivity index (χ0v) is 6.70. The van der Waals surface area contributed by atoms with Crippen LogP contribution in [0.2, 0.25) is 0 Å². The highest BCUT2D eigenvalue weighted by Gasteiger charge is 2.15. The summed E-state index contributed by atoms with van der Waals surface area (Å²) in [5, 5.41) is 9.25. The normalized spacial score (nSPS) is 12.2. The van der Waals surface area contributed by atoms with E-state index < -0.39 is 17.8 Å². The Labute approximate surface area is 74.1 Å². The third kappa shape index (κ3) is 2.24. The molecule has 1 amide bonds. The van der Waals surface area contributed by atoms with E-state index in [2.05, 4.69) is 0 Å². The summed E-state index contributed by atoms with van der Waals surface area (Å²) in [6.07, 6.45) is -1.43. The van der Waals surface area contributed by atoms with Gasteiger partial charge in [0, 0.05) is 0 Å². The molecule has 5 heteroatoms. The number of amides is 1. The minimum atomic E-state index is -1.43. The number of carbonyl (C=O) groups is 1. The van der Waals surface area contributed by atoms with Crippen molar-refractivity contribution >= 4 is 5.91 Å². The first-order chi connectivity index (χ1) is 6.15. The number of hydrazine groups is 1. The van der Waals surface area contributed by atoms with Gasteiger partial charge in [-0.15, -0.1) is 0 Å². The first kappa shape index (κ1) is 9.63. The Kier molecular flexibility index (Phi) is 2.94. The topological polar surface area (TPSA) is 75.3 Å². The van der Waals surface area contributed by atoms with E-state index in [1.54, 1.807) is 5.43 Å². The molecule has 0 heterocycles. The fourth-order valence-electron chi connectivity index (χ4n) is 0.907. The van der Waals surface area contributed by atoms with Crippen LogP contribution in [0.4, 0.5) is 4.39 Å². The molecular weight excluding hydrogens is 175 g/mol. The number of carbonyl (C=O) groups excluding carboxylic acids is 1. The van der Waals surface area contributed by atoms with Crippen LogP contribution >= 0.6 is 0 Å². The molecule has 0 saturated carbocycles. The summed E-state index contributed by atoms with van der Waals surface area (Å²) >= 11 is 0. The van der Waals surface area contributed by atoms with Crippen molar-refractivity contribution in [2.75, 3.05) is 0 Å². The van der Waals surface area contributed by atoms with Crippen molar-refractivity contribution in [2.45, 2.75) is 6.10 Å². The lowest BCUT2D eigenvalue weighted by atomic mass is 10.1. The second-order valence-electron chi connectivity index (χ2n) is 2.47. The first-order valence-corrected chi connectivity index (χ1v) is 3.59. The van der Waals surface area contributed by atoms with Crippen molar-refractivity contribution in [3.63, 3.8) is 0 Å². The minimum absolute atomic E-state index is 0.169. The van der Waals surface area contributed by atoms with Gasteiger partial charge in [-0.25, -0.2) is 10.2 Å². The second kappa shape index (κ2) is 3.97. The third-order valence-electron chi connectivity index (χ3n) is 1.56. The van der Waals surface area contributed by atoms with E-state index in [1.165, 1.54) is 18.2 Å². The van der Waals surface area contributed by atoms with E-state index in [1.807, 2.05) is 0 Å². The number of nitrogens with one attached hydrogen (secondary N) is 1. The summed E-state index contributed by atoms with van der Waals surface area (Å²) in [6, 6.07) is 5.12.